The summed E-state index contributed by atoms with van der Waals surface area (Å²) in [6.45, 7) is 2.05. The molecule has 1 N–H and O–H groups in total. The molecule has 2 saturated carbocycles. The van der Waals surface area contributed by atoms with Crippen molar-refractivity contribution in [3.8, 4) is 5.75 Å². The third-order valence-electron chi connectivity index (χ3n) is 6.43. The summed E-state index contributed by atoms with van der Waals surface area (Å²) >= 11 is 0. The summed E-state index contributed by atoms with van der Waals surface area (Å²) in [4.78, 5) is 22.5. The van der Waals surface area contributed by atoms with E-state index in [9.17, 15) is 23.3 Å². The van der Waals surface area contributed by atoms with Crippen LogP contribution in [0.15, 0.2) is 53.4 Å². The van der Waals surface area contributed by atoms with Gasteiger partial charge in [-0.3, -0.25) is 14.9 Å². The minimum Gasteiger partial charge on any atom is -0.379 e. The van der Waals surface area contributed by atoms with E-state index in [2.05, 4.69) is 5.32 Å². The van der Waals surface area contributed by atoms with E-state index in [1.54, 1.807) is 0 Å². The molecule has 0 saturated heterocycles. The molecule has 2 aliphatic carbocycles. The lowest BCUT2D eigenvalue weighted by molar-refractivity contribution is -0.385. The molecule has 2 fully saturated rings. The molecule has 0 spiro atoms. The van der Waals surface area contributed by atoms with E-state index in [-0.39, 0.29) is 28.3 Å². The molecule has 1 amide bonds. The van der Waals surface area contributed by atoms with Crippen LogP contribution in [0.4, 0.5) is 5.69 Å². The number of amides is 1. The number of rotatable bonds is 7. The Labute approximate surface area is 180 Å². The highest BCUT2D eigenvalue weighted by Crippen LogP contribution is 2.49. The average Bonchev–Trinajstić information content (AvgIpc) is 3.38. The third-order valence-corrected chi connectivity index (χ3v) is 7.68. The van der Waals surface area contributed by atoms with Gasteiger partial charge in [0.25, 0.3) is 11.6 Å². The predicted molar refractivity (Wildman–Crippen MR) is 113 cm³/mol. The highest BCUT2D eigenvalue weighted by atomic mass is 32.2. The Hall–Kier alpha value is -2.94. The number of nitro groups is 1. The molecule has 4 rings (SSSR count). The lowest BCUT2D eigenvalue weighted by Crippen LogP contribution is -2.40. The van der Waals surface area contributed by atoms with Gasteiger partial charge in [0, 0.05) is 23.7 Å². The van der Waals surface area contributed by atoms with Gasteiger partial charge in [-0.15, -0.1) is 0 Å². The summed E-state index contributed by atoms with van der Waals surface area (Å²) in [6.07, 6.45) is 5.01. The van der Waals surface area contributed by atoms with Crippen molar-refractivity contribution < 1.29 is 22.3 Å². The zero-order valence-corrected chi connectivity index (χ0v) is 17.9. The molecule has 2 bridgehead atoms. The number of carbonyl (C=O) groups excluding carboxylic acids is 1. The maximum Gasteiger partial charge on any atom is 0.339 e. The van der Waals surface area contributed by atoms with E-state index in [1.165, 1.54) is 68.1 Å². The highest BCUT2D eigenvalue weighted by molar-refractivity contribution is 7.87. The Morgan fingerprint density at radius 1 is 1.16 bits per heavy atom. The van der Waals surface area contributed by atoms with E-state index in [0.29, 0.717) is 17.4 Å². The standard InChI is InChI=1S/C22H24N2O6S/c1-14(21-12-15-5-6-17(21)11-15)23-22(25)16-7-9-19(10-8-16)30-31(28,29)20-4-2-3-18(13-20)24(26)27/h2-4,7-10,13-15,17,21H,5-6,11-12H2,1H3,(H,23,25)/t14-,15-,17-,21+/m0/s1. The van der Waals surface area contributed by atoms with Crippen LogP contribution in [0.3, 0.4) is 0 Å². The second kappa shape index (κ2) is 8.30. The van der Waals surface area contributed by atoms with Gasteiger partial charge in [-0.2, -0.15) is 8.42 Å². The van der Waals surface area contributed by atoms with E-state index >= 15 is 0 Å². The molecular weight excluding hydrogens is 420 g/mol. The molecule has 0 radical (unpaired) electrons. The minimum absolute atomic E-state index is 0.0178. The molecule has 2 aliphatic rings. The lowest BCUT2D eigenvalue weighted by Gasteiger charge is -2.28. The Morgan fingerprint density at radius 3 is 2.52 bits per heavy atom. The fourth-order valence-electron chi connectivity index (χ4n) is 4.89. The number of carbonyl (C=O) groups is 1. The van der Waals surface area contributed by atoms with Crippen molar-refractivity contribution in [2.24, 2.45) is 17.8 Å². The minimum atomic E-state index is -4.24. The van der Waals surface area contributed by atoms with Crippen molar-refractivity contribution in [1.29, 1.82) is 0 Å². The Bertz CT molecular complexity index is 1100. The molecule has 164 valence electrons. The largest absolute Gasteiger partial charge is 0.379 e. The van der Waals surface area contributed by atoms with Crippen LogP contribution >= 0.6 is 0 Å². The van der Waals surface area contributed by atoms with E-state index < -0.39 is 15.0 Å². The summed E-state index contributed by atoms with van der Waals surface area (Å²) in [5.74, 6) is 1.84. The first-order valence-corrected chi connectivity index (χ1v) is 11.7. The number of benzene rings is 2. The summed E-state index contributed by atoms with van der Waals surface area (Å²) in [7, 11) is -4.24. The van der Waals surface area contributed by atoms with Gasteiger partial charge >= 0.3 is 10.1 Å². The SMILES string of the molecule is C[C@H](NC(=O)c1ccc(OS(=O)(=O)c2cccc([N+](=O)[O-])c2)cc1)[C@H]1C[C@H]2CC[C@H]1C2. The topological polar surface area (TPSA) is 116 Å². The zero-order chi connectivity index (χ0) is 22.2. The number of nitrogens with zero attached hydrogens (tertiary/aromatic N) is 1. The summed E-state index contributed by atoms with van der Waals surface area (Å²) in [5, 5.41) is 13.9. The quantitative estimate of drug-likeness (QED) is 0.393. The van der Waals surface area contributed by atoms with Crippen molar-refractivity contribution >= 4 is 21.7 Å². The number of nitro benzene ring substituents is 1. The summed E-state index contributed by atoms with van der Waals surface area (Å²) in [6, 6.07) is 10.5. The second-order valence-electron chi connectivity index (χ2n) is 8.42. The van der Waals surface area contributed by atoms with Crippen molar-refractivity contribution in [2.45, 2.75) is 43.5 Å². The van der Waals surface area contributed by atoms with Crippen LogP contribution in [-0.4, -0.2) is 25.3 Å². The molecular formula is C22H24N2O6S. The van der Waals surface area contributed by atoms with Crippen LogP contribution in [0.1, 0.15) is 43.0 Å². The summed E-state index contributed by atoms with van der Waals surface area (Å²) in [5.41, 5.74) is 0.0661. The third kappa shape index (κ3) is 4.56. The van der Waals surface area contributed by atoms with Crippen LogP contribution in [0.5, 0.6) is 5.75 Å². The molecule has 0 aromatic heterocycles. The molecule has 2 aromatic rings. The Balaban J connectivity index is 1.40. The van der Waals surface area contributed by atoms with Crippen molar-refractivity contribution in [2.75, 3.05) is 0 Å². The monoisotopic (exact) mass is 444 g/mol. The first kappa shape index (κ1) is 21.3. The first-order chi connectivity index (χ1) is 14.7. The zero-order valence-electron chi connectivity index (χ0n) is 17.1. The van der Waals surface area contributed by atoms with Gasteiger partial charge in [0.15, 0.2) is 0 Å². The van der Waals surface area contributed by atoms with Crippen molar-refractivity contribution in [3.05, 3.63) is 64.2 Å². The number of fused-ring (bicyclic) bond motifs is 2. The molecule has 8 nitrogen and oxygen atoms in total. The van der Waals surface area contributed by atoms with Gasteiger partial charge in [0.1, 0.15) is 10.6 Å². The molecule has 2 aromatic carbocycles. The van der Waals surface area contributed by atoms with E-state index in [0.717, 1.165) is 12.0 Å². The summed E-state index contributed by atoms with van der Waals surface area (Å²) < 4.78 is 29.9. The number of nitrogens with one attached hydrogen (secondary N) is 1. The normalized spacial score (nSPS) is 23.3. The van der Waals surface area contributed by atoms with Gasteiger partial charge in [0.2, 0.25) is 0 Å². The molecule has 31 heavy (non-hydrogen) atoms. The van der Waals surface area contributed by atoms with Gasteiger partial charge in [-0.1, -0.05) is 12.5 Å². The van der Waals surface area contributed by atoms with E-state index in [1.807, 2.05) is 6.92 Å². The van der Waals surface area contributed by atoms with Gasteiger partial charge in [-0.25, -0.2) is 0 Å². The second-order valence-corrected chi connectivity index (χ2v) is 9.96. The van der Waals surface area contributed by atoms with Gasteiger partial charge in [0.05, 0.1) is 4.92 Å². The van der Waals surface area contributed by atoms with Gasteiger partial charge < -0.3 is 9.50 Å². The molecule has 0 unspecified atom stereocenters. The van der Waals surface area contributed by atoms with Crippen molar-refractivity contribution in [1.82, 2.24) is 5.32 Å². The fourth-order valence-corrected chi connectivity index (χ4v) is 5.86. The van der Waals surface area contributed by atoms with Crippen LogP contribution in [0, 0.1) is 27.9 Å². The Morgan fingerprint density at radius 2 is 1.90 bits per heavy atom. The maximum atomic E-state index is 12.6. The molecule has 0 aliphatic heterocycles. The van der Waals surface area contributed by atoms with Crippen LogP contribution in [0.25, 0.3) is 0 Å². The number of hydrogen-bond donors (Lipinski definition) is 1. The van der Waals surface area contributed by atoms with Crippen LogP contribution < -0.4 is 9.50 Å². The highest BCUT2D eigenvalue weighted by Gasteiger charge is 2.42. The fraction of sp³-hybridized carbons (Fsp3) is 0.409. The predicted octanol–water partition coefficient (Wildman–Crippen LogP) is 3.92. The molecule has 9 heteroatoms. The first-order valence-electron chi connectivity index (χ1n) is 10.3. The van der Waals surface area contributed by atoms with Gasteiger partial charge in [-0.05, 0) is 74.3 Å². The average molecular weight is 445 g/mol. The lowest BCUT2D eigenvalue weighted by atomic mass is 9.84. The molecule has 4 atom stereocenters. The maximum absolute atomic E-state index is 12.6. The number of hydrogen-bond acceptors (Lipinski definition) is 6. The van der Waals surface area contributed by atoms with Crippen LogP contribution in [-0.2, 0) is 10.1 Å². The Kier molecular flexibility index (Phi) is 5.70. The number of non-ortho nitro benzene ring substituents is 1. The van der Waals surface area contributed by atoms with Crippen LogP contribution in [0.2, 0.25) is 0 Å². The molecule has 0 heterocycles. The van der Waals surface area contributed by atoms with Crippen molar-refractivity contribution in [3.63, 3.8) is 0 Å². The smallest absolute Gasteiger partial charge is 0.339 e. The van der Waals surface area contributed by atoms with E-state index in [4.69, 9.17) is 4.18 Å².